The maximum Gasteiger partial charge on any atom is 0.416 e. The predicted molar refractivity (Wildman–Crippen MR) is 85.9 cm³/mol. The van der Waals surface area contributed by atoms with Crippen LogP contribution in [0.5, 0.6) is 0 Å². The highest BCUT2D eigenvalue weighted by Crippen LogP contribution is 2.30. The molecule has 0 saturated heterocycles. The van der Waals surface area contributed by atoms with Crippen LogP contribution in [0.3, 0.4) is 0 Å². The maximum atomic E-state index is 12.8. The first-order chi connectivity index (χ1) is 11.7. The van der Waals surface area contributed by atoms with Gasteiger partial charge in [0.15, 0.2) is 0 Å². The molecule has 7 heteroatoms. The third-order valence-electron chi connectivity index (χ3n) is 4.56. The largest absolute Gasteiger partial charge is 0.469 e. The Labute approximate surface area is 144 Å². The van der Waals surface area contributed by atoms with Gasteiger partial charge in [-0.15, -0.1) is 0 Å². The molecular weight excluding hydrogens is 335 g/mol. The first-order valence-corrected chi connectivity index (χ1v) is 8.30. The van der Waals surface area contributed by atoms with Gasteiger partial charge in [-0.3, -0.25) is 9.59 Å². The summed E-state index contributed by atoms with van der Waals surface area (Å²) in [6.07, 6.45) is -0.783. The van der Waals surface area contributed by atoms with Gasteiger partial charge in [0.2, 0.25) is 0 Å². The summed E-state index contributed by atoms with van der Waals surface area (Å²) in [7, 11) is 1.29. The smallest absolute Gasteiger partial charge is 0.416 e. The van der Waals surface area contributed by atoms with E-state index in [2.05, 4.69) is 0 Å². The number of carbonyl (C=O) groups is 2. The quantitative estimate of drug-likeness (QED) is 0.751. The maximum absolute atomic E-state index is 12.8. The van der Waals surface area contributed by atoms with Crippen LogP contribution in [0.1, 0.15) is 48.5 Å². The Morgan fingerprint density at radius 3 is 2.24 bits per heavy atom. The zero-order valence-corrected chi connectivity index (χ0v) is 14.3. The van der Waals surface area contributed by atoms with Crippen molar-refractivity contribution < 1.29 is 27.5 Å². The minimum Gasteiger partial charge on any atom is -0.469 e. The zero-order chi connectivity index (χ0) is 18.6. The fraction of sp³-hybridized carbons (Fsp3) is 0.556. The highest BCUT2D eigenvalue weighted by Gasteiger charge is 2.32. The lowest BCUT2D eigenvalue weighted by molar-refractivity contribution is -0.145. The summed E-state index contributed by atoms with van der Waals surface area (Å²) < 4.78 is 42.7. The van der Waals surface area contributed by atoms with Crippen LogP contribution in [0.25, 0.3) is 0 Å². The predicted octanol–water partition coefficient (Wildman–Crippen LogP) is 3.90. The summed E-state index contributed by atoms with van der Waals surface area (Å²) in [5.41, 5.74) is -0.601. The van der Waals surface area contributed by atoms with E-state index in [0.717, 1.165) is 37.8 Å². The Bertz CT molecular complexity index is 607. The van der Waals surface area contributed by atoms with Crippen molar-refractivity contribution in [3.63, 3.8) is 0 Å². The Balaban J connectivity index is 2.20. The van der Waals surface area contributed by atoms with Crippen LogP contribution in [-0.4, -0.2) is 36.5 Å². The second-order valence-electron chi connectivity index (χ2n) is 6.40. The lowest BCUT2D eigenvalue weighted by Gasteiger charge is -2.31. The topological polar surface area (TPSA) is 46.6 Å². The number of rotatable bonds is 5. The number of carbonyl (C=O) groups excluding carboxylic acids is 2. The molecule has 1 unspecified atom stereocenters. The van der Waals surface area contributed by atoms with E-state index in [9.17, 15) is 22.8 Å². The SMILES string of the molecule is COC(=O)C(C)CN(C(=O)c1ccc(C(F)(F)F)cc1)C1CCCC1. The number of ether oxygens (including phenoxy) is 1. The van der Waals surface area contributed by atoms with E-state index in [1.807, 2.05) is 0 Å². The third-order valence-corrected chi connectivity index (χ3v) is 4.56. The van der Waals surface area contributed by atoms with E-state index >= 15 is 0 Å². The van der Waals surface area contributed by atoms with Crippen LogP contribution in [0.2, 0.25) is 0 Å². The number of amides is 1. The van der Waals surface area contributed by atoms with Gasteiger partial charge in [0, 0.05) is 18.2 Å². The summed E-state index contributed by atoms with van der Waals surface area (Å²) in [4.78, 5) is 26.1. The van der Waals surface area contributed by atoms with Crippen molar-refractivity contribution >= 4 is 11.9 Å². The van der Waals surface area contributed by atoms with Crippen molar-refractivity contribution in [2.45, 2.75) is 44.8 Å². The van der Waals surface area contributed by atoms with Gasteiger partial charge in [-0.2, -0.15) is 13.2 Å². The van der Waals surface area contributed by atoms with Crippen molar-refractivity contribution in [3.05, 3.63) is 35.4 Å². The third kappa shape index (κ3) is 4.74. The number of esters is 1. The van der Waals surface area contributed by atoms with Crippen molar-refractivity contribution in [1.29, 1.82) is 0 Å². The molecule has 0 aliphatic heterocycles. The monoisotopic (exact) mass is 357 g/mol. The van der Waals surface area contributed by atoms with Crippen molar-refractivity contribution in [1.82, 2.24) is 4.90 Å². The fourth-order valence-electron chi connectivity index (χ4n) is 3.15. The summed E-state index contributed by atoms with van der Waals surface area (Å²) in [5.74, 6) is -1.26. The molecule has 0 radical (unpaired) electrons. The molecule has 0 spiro atoms. The summed E-state index contributed by atoms with van der Waals surface area (Å²) in [5, 5.41) is 0. The van der Waals surface area contributed by atoms with Gasteiger partial charge in [0.1, 0.15) is 0 Å². The molecular formula is C18H22F3NO3. The number of methoxy groups -OCH3 is 1. The molecule has 1 aliphatic carbocycles. The molecule has 0 heterocycles. The van der Waals surface area contributed by atoms with Crippen LogP contribution >= 0.6 is 0 Å². The van der Waals surface area contributed by atoms with Gasteiger partial charge in [-0.1, -0.05) is 19.8 Å². The van der Waals surface area contributed by atoms with Gasteiger partial charge in [-0.25, -0.2) is 0 Å². The standard InChI is InChI=1S/C18H22F3NO3/c1-12(17(24)25-2)11-22(15-5-3-4-6-15)16(23)13-7-9-14(10-8-13)18(19,20)21/h7-10,12,15H,3-6,11H2,1-2H3. The molecule has 2 rings (SSSR count). The number of nitrogens with zero attached hydrogens (tertiary/aromatic N) is 1. The average molecular weight is 357 g/mol. The molecule has 1 saturated carbocycles. The molecule has 4 nitrogen and oxygen atoms in total. The molecule has 1 aliphatic rings. The second kappa shape index (κ2) is 7.89. The first-order valence-electron chi connectivity index (χ1n) is 8.30. The lowest BCUT2D eigenvalue weighted by Crippen LogP contribution is -2.43. The molecule has 1 fully saturated rings. The highest BCUT2D eigenvalue weighted by atomic mass is 19.4. The molecule has 1 amide bonds. The molecule has 0 bridgehead atoms. The second-order valence-corrected chi connectivity index (χ2v) is 6.40. The van der Waals surface area contributed by atoms with Crippen LogP contribution < -0.4 is 0 Å². The van der Waals surface area contributed by atoms with E-state index in [1.165, 1.54) is 19.2 Å². The number of benzene rings is 1. The van der Waals surface area contributed by atoms with Gasteiger partial charge in [0.25, 0.3) is 5.91 Å². The van der Waals surface area contributed by atoms with Crippen LogP contribution in [-0.2, 0) is 15.7 Å². The average Bonchev–Trinajstić information content (AvgIpc) is 3.11. The minimum absolute atomic E-state index is 0.00176. The molecule has 1 atom stereocenters. The van der Waals surface area contributed by atoms with E-state index < -0.39 is 23.6 Å². The van der Waals surface area contributed by atoms with Crippen LogP contribution in [0.15, 0.2) is 24.3 Å². The molecule has 0 aromatic heterocycles. The van der Waals surface area contributed by atoms with Crippen molar-refractivity contribution in [2.24, 2.45) is 5.92 Å². The van der Waals surface area contributed by atoms with Crippen LogP contribution in [0, 0.1) is 5.92 Å². The normalized spacial score (nSPS) is 16.5. The van der Waals surface area contributed by atoms with Gasteiger partial charge < -0.3 is 9.64 Å². The van der Waals surface area contributed by atoms with Gasteiger partial charge in [-0.05, 0) is 37.1 Å². The minimum atomic E-state index is -4.44. The Morgan fingerprint density at radius 2 is 1.76 bits per heavy atom. The lowest BCUT2D eigenvalue weighted by atomic mass is 10.1. The Hall–Kier alpha value is -2.05. The summed E-state index contributed by atoms with van der Waals surface area (Å²) in [6, 6.07) is 4.20. The molecule has 138 valence electrons. The van der Waals surface area contributed by atoms with Crippen molar-refractivity contribution in [3.8, 4) is 0 Å². The molecule has 1 aromatic carbocycles. The first kappa shape index (κ1) is 19.3. The van der Waals surface area contributed by atoms with Gasteiger partial charge in [0.05, 0.1) is 18.6 Å². The Kier molecular flexibility index (Phi) is 6.08. The molecule has 1 aromatic rings. The zero-order valence-electron chi connectivity index (χ0n) is 14.3. The van der Waals surface area contributed by atoms with E-state index in [-0.39, 0.29) is 24.1 Å². The number of hydrogen-bond acceptors (Lipinski definition) is 3. The molecule has 0 N–H and O–H groups in total. The van der Waals surface area contributed by atoms with Crippen LogP contribution in [0.4, 0.5) is 13.2 Å². The molecule has 25 heavy (non-hydrogen) atoms. The number of hydrogen-bond donors (Lipinski definition) is 0. The van der Waals surface area contributed by atoms with E-state index in [4.69, 9.17) is 4.74 Å². The van der Waals surface area contributed by atoms with Gasteiger partial charge >= 0.3 is 12.1 Å². The fourth-order valence-corrected chi connectivity index (χ4v) is 3.15. The summed E-state index contributed by atoms with van der Waals surface area (Å²) in [6.45, 7) is 1.87. The van der Waals surface area contributed by atoms with E-state index in [1.54, 1.807) is 11.8 Å². The number of halogens is 3. The number of alkyl halides is 3. The highest BCUT2D eigenvalue weighted by molar-refractivity contribution is 5.94. The summed E-state index contributed by atoms with van der Waals surface area (Å²) >= 11 is 0. The Morgan fingerprint density at radius 1 is 1.20 bits per heavy atom. The van der Waals surface area contributed by atoms with E-state index in [0.29, 0.717) is 0 Å². The van der Waals surface area contributed by atoms with Crippen molar-refractivity contribution in [2.75, 3.05) is 13.7 Å².